The fraction of sp³-hybridized carbons (Fsp3) is 0.636. The van der Waals surface area contributed by atoms with Crippen LogP contribution in [0.3, 0.4) is 0 Å². The Labute approximate surface area is 309 Å². The van der Waals surface area contributed by atoms with Crippen LogP contribution in [-0.2, 0) is 0 Å². The van der Waals surface area contributed by atoms with Gasteiger partial charge in [0.25, 0.3) is 0 Å². The van der Waals surface area contributed by atoms with E-state index < -0.39 is 5.76 Å². The molecule has 0 aliphatic carbocycles. The van der Waals surface area contributed by atoms with Crippen LogP contribution in [0.4, 0.5) is 0 Å². The van der Waals surface area contributed by atoms with Crippen molar-refractivity contribution < 1.29 is 18.0 Å². The van der Waals surface area contributed by atoms with E-state index in [1.54, 1.807) is 22.2 Å². The fourth-order valence-electron chi connectivity index (χ4n) is 3.14. The summed E-state index contributed by atoms with van der Waals surface area (Å²) in [4.78, 5) is 10.3. The van der Waals surface area contributed by atoms with Crippen molar-refractivity contribution in [2.45, 2.75) is 120 Å². The first kappa shape index (κ1) is 45.1. The zero-order valence-corrected chi connectivity index (χ0v) is 33.6. The average molecular weight is 746 g/mol. The average Bonchev–Trinajstić information content (AvgIpc) is 3.95. The number of aromatic amines is 1. The van der Waals surface area contributed by atoms with Gasteiger partial charge in [0.05, 0.1) is 25.5 Å². The second kappa shape index (κ2) is 24.3. The molecule has 0 bridgehead atoms. The van der Waals surface area contributed by atoms with Crippen LogP contribution < -0.4 is 10.5 Å². The first-order chi connectivity index (χ1) is 24.5. The lowest BCUT2D eigenvalue weighted by molar-refractivity contribution is 0.277. The summed E-state index contributed by atoms with van der Waals surface area (Å²) in [5.41, 5.74) is 1.13. The maximum atomic E-state index is 10.3. The highest BCUT2D eigenvalue weighted by molar-refractivity contribution is 7.11. The summed E-state index contributed by atoms with van der Waals surface area (Å²) in [5.74, 6) is 3.12. The van der Waals surface area contributed by atoms with Crippen LogP contribution in [0.15, 0.2) is 58.8 Å². The lowest BCUT2D eigenvalue weighted by Gasteiger charge is -2.00. The third kappa shape index (κ3) is 18.3. The van der Waals surface area contributed by atoms with Gasteiger partial charge in [-0.3, -0.25) is 4.68 Å². The number of rotatable bonds is 7. The van der Waals surface area contributed by atoms with Crippen molar-refractivity contribution >= 4 is 11.3 Å². The third-order valence-electron chi connectivity index (χ3n) is 6.08. The highest BCUT2D eigenvalue weighted by Crippen LogP contribution is 2.18. The largest absolute Gasteiger partial charge is 0.452 e. The number of hydrogen-bond donors (Lipinski definition) is 1. The summed E-state index contributed by atoms with van der Waals surface area (Å²) >= 11 is 1.67. The first-order valence-electron chi connectivity index (χ1n) is 17.0. The van der Waals surface area contributed by atoms with E-state index in [4.69, 9.17) is 13.6 Å². The summed E-state index contributed by atoms with van der Waals surface area (Å²) in [6.07, 6.45) is 7.16. The van der Waals surface area contributed by atoms with Gasteiger partial charge in [0.15, 0.2) is 0 Å². The number of aromatic nitrogens is 11. The standard InChI is InChI=1S/C6H10N2O2.C6H10N2S.C6H10N2.C5H9N3.C5H8N2O2.C5H8N2O/c1-4(2)5-7-8-6(9-3)10-5;1-4(2)6-8-7-5(3)9-6;1-5(2)6-3-4-7-8-6;1-5(2)8-4-3-6-7-8;1-3(2)4-6-7-5(8)9-4;1-4(2)5-7-6-3-8-5/h4H,1-3H3;4H,1-3H3;3,5H,4H2,1-2H3;3-5H,1-2H3;3H,1-2H3,(H,7,8);3-4H,1-2H3. The maximum absolute atomic E-state index is 10.3. The van der Waals surface area contributed by atoms with Crippen LogP contribution >= 0.6 is 11.3 Å². The summed E-state index contributed by atoms with van der Waals surface area (Å²) in [7, 11) is 1.50. The van der Waals surface area contributed by atoms with Gasteiger partial charge >= 0.3 is 11.8 Å². The van der Waals surface area contributed by atoms with Gasteiger partial charge in [-0.1, -0.05) is 79.5 Å². The van der Waals surface area contributed by atoms with Crippen molar-refractivity contribution in [3.8, 4) is 6.08 Å². The summed E-state index contributed by atoms with van der Waals surface area (Å²) in [6.45, 7) is 27.2. The molecular formula is C33H55N13O5S. The predicted molar refractivity (Wildman–Crippen MR) is 196 cm³/mol. The number of nitrogens with one attached hydrogen (secondary N) is 1. The van der Waals surface area contributed by atoms with Crippen LogP contribution in [0, 0.1) is 12.8 Å². The van der Waals surface area contributed by atoms with Gasteiger partial charge in [0, 0.05) is 35.9 Å². The zero-order valence-electron chi connectivity index (χ0n) is 32.8. The van der Waals surface area contributed by atoms with E-state index in [2.05, 4.69) is 113 Å². The lowest BCUT2D eigenvalue weighted by atomic mass is 10.1. The Kier molecular flexibility index (Phi) is 21.1. The molecule has 18 nitrogen and oxygen atoms in total. The lowest BCUT2D eigenvalue weighted by Crippen LogP contribution is -2.00. The van der Waals surface area contributed by atoms with Gasteiger partial charge in [-0.15, -0.1) is 47.0 Å². The van der Waals surface area contributed by atoms with E-state index in [0.717, 1.165) is 22.3 Å². The van der Waals surface area contributed by atoms with Gasteiger partial charge in [-0.2, -0.15) is 10.2 Å². The Hall–Kier alpha value is -4.94. The number of allylic oxidation sites excluding steroid dienone is 1. The van der Waals surface area contributed by atoms with E-state index in [0.29, 0.717) is 41.5 Å². The predicted octanol–water partition coefficient (Wildman–Crippen LogP) is 7.70. The molecule has 6 heterocycles. The summed E-state index contributed by atoms with van der Waals surface area (Å²) in [6, 6.07) is 0.428. The Morgan fingerprint density at radius 1 is 0.788 bits per heavy atom. The van der Waals surface area contributed by atoms with Gasteiger partial charge in [-0.05, 0) is 32.8 Å². The molecule has 0 aromatic carbocycles. The van der Waals surface area contributed by atoms with Crippen molar-refractivity contribution in [1.82, 2.24) is 55.8 Å². The molecule has 52 heavy (non-hydrogen) atoms. The Morgan fingerprint density at radius 2 is 1.46 bits per heavy atom. The molecule has 5 aromatic heterocycles. The van der Waals surface area contributed by atoms with Crippen molar-refractivity contribution in [3.63, 3.8) is 0 Å². The number of nitrogens with zero attached hydrogens (tertiary/aromatic N) is 12. The van der Waals surface area contributed by atoms with E-state index in [9.17, 15) is 4.79 Å². The Bertz CT molecular complexity index is 1680. The number of methoxy groups -OCH3 is 1. The molecule has 1 aliphatic rings. The molecule has 1 N–H and O–H groups in total. The molecule has 5 aromatic rings. The minimum atomic E-state index is -0.487. The monoisotopic (exact) mass is 745 g/mol. The van der Waals surface area contributed by atoms with Crippen molar-refractivity contribution in [2.24, 2.45) is 16.1 Å². The van der Waals surface area contributed by atoms with Gasteiger partial charge in [-0.25, -0.2) is 9.89 Å². The molecule has 0 atom stereocenters. The van der Waals surface area contributed by atoms with E-state index in [-0.39, 0.29) is 17.9 Å². The van der Waals surface area contributed by atoms with Crippen LogP contribution in [0.5, 0.6) is 6.08 Å². The van der Waals surface area contributed by atoms with E-state index in [1.165, 1.54) is 13.5 Å². The molecule has 0 radical (unpaired) electrons. The van der Waals surface area contributed by atoms with Crippen LogP contribution in [0.25, 0.3) is 0 Å². The smallest absolute Gasteiger partial charge is 0.434 e. The van der Waals surface area contributed by atoms with E-state index in [1.807, 2.05) is 54.7 Å². The number of hydrogen-bond acceptors (Lipinski definition) is 17. The second-order valence-corrected chi connectivity index (χ2v) is 14.0. The van der Waals surface area contributed by atoms with Crippen molar-refractivity contribution in [2.75, 3.05) is 13.7 Å². The maximum Gasteiger partial charge on any atom is 0.434 e. The van der Waals surface area contributed by atoms with E-state index >= 15 is 0 Å². The van der Waals surface area contributed by atoms with Gasteiger partial charge in [0.2, 0.25) is 24.1 Å². The molecule has 0 saturated heterocycles. The molecule has 288 valence electrons. The normalized spacial score (nSPS) is 11.6. The quantitative estimate of drug-likeness (QED) is 0.168. The van der Waals surface area contributed by atoms with Crippen LogP contribution in [0.1, 0.15) is 140 Å². The number of H-pyrrole nitrogens is 1. The minimum Gasteiger partial charge on any atom is -0.452 e. The molecule has 0 amide bonds. The number of aryl methyl sites for hydroxylation is 1. The first-order valence-corrected chi connectivity index (χ1v) is 17.8. The number of ether oxygens (including phenoxy) is 1. The zero-order chi connectivity index (χ0) is 39.2. The molecule has 1 aliphatic heterocycles. The molecule has 0 spiro atoms. The fourth-order valence-corrected chi connectivity index (χ4v) is 3.85. The number of azo groups is 1. The Balaban J connectivity index is 0.000000313. The third-order valence-corrected chi connectivity index (χ3v) is 7.21. The molecular weight excluding hydrogens is 691 g/mol. The van der Waals surface area contributed by atoms with Gasteiger partial charge < -0.3 is 18.0 Å². The molecule has 19 heteroatoms. The summed E-state index contributed by atoms with van der Waals surface area (Å²) in [5, 5.41) is 45.6. The Morgan fingerprint density at radius 3 is 1.71 bits per heavy atom. The highest BCUT2D eigenvalue weighted by Gasteiger charge is 2.08. The topological polar surface area (TPSA) is 227 Å². The van der Waals surface area contributed by atoms with Crippen LogP contribution in [-0.4, -0.2) is 69.4 Å². The molecule has 6 rings (SSSR count). The van der Waals surface area contributed by atoms with Crippen molar-refractivity contribution in [3.05, 3.63) is 68.8 Å². The SMILES string of the molecule is CC(C)C1=CCN=N1.CC(C)c1n[nH]c(=O)o1.CC(C)c1nnco1.CC(C)n1ccnn1.COc1nnc(C(C)C)o1.Cc1nnc(C(C)C)s1. The second-order valence-electron chi connectivity index (χ2n) is 12.8. The highest BCUT2D eigenvalue weighted by atomic mass is 32.1. The minimum absolute atomic E-state index is 0.170. The molecule has 0 saturated carbocycles. The van der Waals surface area contributed by atoms with Crippen LogP contribution in [0.2, 0.25) is 0 Å². The summed E-state index contributed by atoms with van der Waals surface area (Å²) < 4.78 is 21.1. The molecule has 0 unspecified atom stereocenters. The molecule has 0 fully saturated rings. The van der Waals surface area contributed by atoms with Gasteiger partial charge in [0.1, 0.15) is 10.0 Å². The van der Waals surface area contributed by atoms with Crippen molar-refractivity contribution in [1.29, 1.82) is 0 Å².